The van der Waals surface area contributed by atoms with Crippen LogP contribution in [0.1, 0.15) is 89.5 Å². The number of primary amides is 1. The van der Waals surface area contributed by atoms with Gasteiger partial charge in [0, 0.05) is 11.1 Å². The summed E-state index contributed by atoms with van der Waals surface area (Å²) in [5.41, 5.74) is 7.59. The van der Waals surface area contributed by atoms with Crippen LogP contribution in [-0.2, 0) is 21.0 Å². The van der Waals surface area contributed by atoms with Crippen LogP contribution in [0.25, 0.3) is 0 Å². The number of hydrogen-bond donors (Lipinski definition) is 3. The van der Waals surface area contributed by atoms with Crippen LogP contribution < -0.4 is 5.73 Å². The average Bonchev–Trinajstić information content (AvgIpc) is 3.17. The largest absolute Gasteiger partial charge is 0.508 e. The molecule has 0 aromatic heterocycles. The van der Waals surface area contributed by atoms with Gasteiger partial charge >= 0.3 is 0 Å². The monoisotopic (exact) mass is 423 g/mol. The van der Waals surface area contributed by atoms with Gasteiger partial charge in [0.15, 0.2) is 0 Å². The number of nitrogens with two attached hydrogens (primary N) is 1. The summed E-state index contributed by atoms with van der Waals surface area (Å²) in [6.45, 7) is 12.6. The zero-order chi connectivity index (χ0) is 23.2. The maximum absolute atomic E-state index is 13.4. The van der Waals surface area contributed by atoms with E-state index in [9.17, 15) is 15.0 Å². The van der Waals surface area contributed by atoms with Crippen LogP contribution in [0.5, 0.6) is 11.5 Å². The summed E-state index contributed by atoms with van der Waals surface area (Å²) in [6, 6.07) is 10.9. The molecule has 4 nitrogen and oxygen atoms in total. The number of benzene rings is 2. The van der Waals surface area contributed by atoms with Gasteiger partial charge in [-0.3, -0.25) is 4.79 Å². The van der Waals surface area contributed by atoms with Crippen LogP contribution in [0.3, 0.4) is 0 Å². The topological polar surface area (TPSA) is 83.5 Å². The predicted octanol–water partition coefficient (Wildman–Crippen LogP) is 5.65. The third-order valence-electron chi connectivity index (χ3n) is 6.93. The number of aromatic hydroxyl groups is 2. The normalized spacial score (nSPS) is 15.9. The van der Waals surface area contributed by atoms with Crippen molar-refractivity contribution in [1.29, 1.82) is 0 Å². The van der Waals surface area contributed by atoms with Gasteiger partial charge in [-0.25, -0.2) is 0 Å². The Labute approximate surface area is 186 Å². The average molecular weight is 424 g/mol. The van der Waals surface area contributed by atoms with Crippen molar-refractivity contribution in [2.45, 2.75) is 83.5 Å². The molecule has 4 N–H and O–H groups in total. The van der Waals surface area contributed by atoms with Crippen LogP contribution in [0.4, 0.5) is 0 Å². The minimum absolute atomic E-state index is 0.0410. The van der Waals surface area contributed by atoms with Crippen molar-refractivity contribution < 1.29 is 15.0 Å². The van der Waals surface area contributed by atoms with Gasteiger partial charge < -0.3 is 15.9 Å². The van der Waals surface area contributed by atoms with Crippen molar-refractivity contribution in [1.82, 2.24) is 0 Å². The van der Waals surface area contributed by atoms with E-state index < -0.39 is 11.3 Å². The Kier molecular flexibility index (Phi) is 5.90. The van der Waals surface area contributed by atoms with Crippen LogP contribution in [0.2, 0.25) is 0 Å². The quantitative estimate of drug-likeness (QED) is 0.594. The van der Waals surface area contributed by atoms with Gasteiger partial charge in [-0.2, -0.15) is 0 Å². The number of phenolic OH excluding ortho intramolecular Hbond substituents is 2. The van der Waals surface area contributed by atoms with Crippen LogP contribution in [0, 0.1) is 5.92 Å². The van der Waals surface area contributed by atoms with Crippen molar-refractivity contribution >= 4 is 5.91 Å². The van der Waals surface area contributed by atoms with Crippen molar-refractivity contribution in [2.24, 2.45) is 11.7 Å². The van der Waals surface area contributed by atoms with Gasteiger partial charge in [0.05, 0.1) is 0 Å². The molecule has 1 amide bonds. The van der Waals surface area contributed by atoms with E-state index in [1.807, 2.05) is 24.3 Å². The molecule has 0 unspecified atom stereocenters. The minimum Gasteiger partial charge on any atom is -0.508 e. The van der Waals surface area contributed by atoms with Crippen molar-refractivity contribution in [3.63, 3.8) is 0 Å². The highest BCUT2D eigenvalue weighted by atomic mass is 16.3. The summed E-state index contributed by atoms with van der Waals surface area (Å²) in [6.07, 6.45) is 3.64. The molecule has 2 aromatic rings. The first-order valence-corrected chi connectivity index (χ1v) is 11.3. The first kappa shape index (κ1) is 23.2. The van der Waals surface area contributed by atoms with E-state index in [4.69, 9.17) is 5.73 Å². The zero-order valence-electron chi connectivity index (χ0n) is 19.7. The van der Waals surface area contributed by atoms with E-state index in [1.165, 1.54) is 0 Å². The molecule has 0 aliphatic heterocycles. The number of phenols is 2. The molecule has 0 saturated heterocycles. The molecule has 2 aromatic carbocycles. The standard InChI is InChI=1S/C27H37NO3/c1-25(2,3)18-11-13-22(29)20(15-18)27(24(28)31,17-9-7-8-10-17)21-16-19(26(4,5)6)12-14-23(21)30/h11-17,29-30H,7-10H2,1-6H3,(H2,28,31). The van der Waals surface area contributed by atoms with E-state index in [2.05, 4.69) is 41.5 Å². The maximum atomic E-state index is 13.4. The summed E-state index contributed by atoms with van der Waals surface area (Å²) in [4.78, 5) is 13.4. The molecular weight excluding hydrogens is 386 g/mol. The van der Waals surface area contributed by atoms with Gasteiger partial charge in [-0.05, 0) is 52.8 Å². The lowest BCUT2D eigenvalue weighted by Gasteiger charge is -2.39. The highest BCUT2D eigenvalue weighted by Crippen LogP contribution is 2.52. The lowest BCUT2D eigenvalue weighted by molar-refractivity contribution is -0.124. The van der Waals surface area contributed by atoms with E-state index >= 15 is 0 Å². The SMILES string of the molecule is CC(C)(C)c1ccc(O)c(C(C(N)=O)(c2cc(C(C)(C)C)ccc2O)C2CCCC2)c1. The second-order valence-electron chi connectivity index (χ2n) is 11.1. The molecule has 0 atom stereocenters. The molecule has 0 radical (unpaired) electrons. The van der Waals surface area contributed by atoms with Gasteiger partial charge in [0.25, 0.3) is 0 Å². The second-order valence-corrected chi connectivity index (χ2v) is 11.1. The molecule has 0 bridgehead atoms. The van der Waals surface area contributed by atoms with Gasteiger partial charge in [-0.15, -0.1) is 0 Å². The number of amides is 1. The third kappa shape index (κ3) is 4.05. The Balaban J connectivity index is 2.43. The highest BCUT2D eigenvalue weighted by molar-refractivity contribution is 5.93. The fraction of sp³-hybridized carbons (Fsp3) is 0.519. The van der Waals surface area contributed by atoms with Crippen molar-refractivity contribution in [3.05, 3.63) is 58.7 Å². The van der Waals surface area contributed by atoms with E-state index in [1.54, 1.807) is 12.1 Å². The first-order chi connectivity index (χ1) is 14.3. The molecule has 1 fully saturated rings. The third-order valence-corrected chi connectivity index (χ3v) is 6.93. The fourth-order valence-electron chi connectivity index (χ4n) is 5.05. The molecular formula is C27H37NO3. The summed E-state index contributed by atoms with van der Waals surface area (Å²) in [5.74, 6) is -0.534. The molecule has 168 valence electrons. The minimum atomic E-state index is -1.30. The summed E-state index contributed by atoms with van der Waals surface area (Å²) >= 11 is 0. The number of rotatable bonds is 4. The second kappa shape index (κ2) is 7.89. The van der Waals surface area contributed by atoms with Crippen LogP contribution in [-0.4, -0.2) is 16.1 Å². The van der Waals surface area contributed by atoms with E-state index in [-0.39, 0.29) is 28.2 Å². The van der Waals surface area contributed by atoms with E-state index in [0.29, 0.717) is 11.1 Å². The number of carbonyl (C=O) groups excluding carboxylic acids is 1. The van der Waals surface area contributed by atoms with Crippen LogP contribution in [0.15, 0.2) is 36.4 Å². The molecule has 1 saturated carbocycles. The molecule has 0 spiro atoms. The van der Waals surface area contributed by atoms with Crippen molar-refractivity contribution in [3.8, 4) is 11.5 Å². The smallest absolute Gasteiger partial charge is 0.233 e. The highest BCUT2D eigenvalue weighted by Gasteiger charge is 2.51. The van der Waals surface area contributed by atoms with Gasteiger partial charge in [0.2, 0.25) is 5.91 Å². The molecule has 31 heavy (non-hydrogen) atoms. The fourth-order valence-corrected chi connectivity index (χ4v) is 5.05. The lowest BCUT2D eigenvalue weighted by Crippen LogP contribution is -2.48. The molecule has 3 rings (SSSR count). The Morgan fingerprint density at radius 1 is 0.806 bits per heavy atom. The first-order valence-electron chi connectivity index (χ1n) is 11.3. The van der Waals surface area contributed by atoms with Gasteiger partial charge in [-0.1, -0.05) is 78.6 Å². The lowest BCUT2D eigenvalue weighted by atomic mass is 9.62. The van der Waals surface area contributed by atoms with Crippen LogP contribution >= 0.6 is 0 Å². The Bertz CT molecular complexity index is 909. The molecule has 1 aliphatic rings. The predicted molar refractivity (Wildman–Crippen MR) is 126 cm³/mol. The maximum Gasteiger partial charge on any atom is 0.233 e. The molecule has 0 heterocycles. The zero-order valence-corrected chi connectivity index (χ0v) is 19.7. The Morgan fingerprint density at radius 3 is 1.52 bits per heavy atom. The Morgan fingerprint density at radius 2 is 1.19 bits per heavy atom. The molecule has 1 aliphatic carbocycles. The van der Waals surface area contributed by atoms with E-state index in [0.717, 1.165) is 36.8 Å². The van der Waals surface area contributed by atoms with Crippen molar-refractivity contribution in [2.75, 3.05) is 0 Å². The number of carbonyl (C=O) groups is 1. The summed E-state index contributed by atoms with van der Waals surface area (Å²) in [5, 5.41) is 22.1. The Hall–Kier alpha value is -2.49. The molecule has 4 heteroatoms. The summed E-state index contributed by atoms with van der Waals surface area (Å²) < 4.78 is 0. The number of hydrogen-bond acceptors (Lipinski definition) is 3. The van der Waals surface area contributed by atoms with Gasteiger partial charge in [0.1, 0.15) is 16.9 Å². The summed E-state index contributed by atoms with van der Waals surface area (Å²) in [7, 11) is 0.